The maximum atomic E-state index is 4.61. The van der Waals surface area contributed by atoms with E-state index in [1.54, 1.807) is 7.05 Å². The molecule has 0 amide bonds. The van der Waals surface area contributed by atoms with E-state index in [9.17, 15) is 0 Å². The van der Waals surface area contributed by atoms with Gasteiger partial charge in [0.2, 0.25) is 0 Å². The molecule has 0 bridgehead atoms. The first-order chi connectivity index (χ1) is 13.0. The van der Waals surface area contributed by atoms with Crippen LogP contribution >= 0.6 is 24.0 Å². The summed E-state index contributed by atoms with van der Waals surface area (Å²) in [5.74, 6) is 0.810. The Morgan fingerprint density at radius 3 is 2.36 bits per heavy atom. The highest BCUT2D eigenvalue weighted by atomic mass is 127. The van der Waals surface area contributed by atoms with E-state index in [0.29, 0.717) is 18.6 Å². The second-order valence-corrected chi connectivity index (χ2v) is 7.22. The lowest BCUT2D eigenvalue weighted by molar-refractivity contribution is 0.173. The van der Waals surface area contributed by atoms with Gasteiger partial charge >= 0.3 is 0 Å². The minimum absolute atomic E-state index is 0. The molecular formula is C21H35IN6. The summed E-state index contributed by atoms with van der Waals surface area (Å²) >= 11 is 0. The highest BCUT2D eigenvalue weighted by molar-refractivity contribution is 14.0. The predicted octanol–water partition coefficient (Wildman–Crippen LogP) is 3.66. The number of nitrogens with one attached hydrogen (secondary N) is 2. The van der Waals surface area contributed by atoms with E-state index >= 15 is 0 Å². The summed E-state index contributed by atoms with van der Waals surface area (Å²) in [6, 6.07) is 13.3. The first-order valence-corrected chi connectivity index (χ1v) is 9.81. The van der Waals surface area contributed by atoms with Crippen molar-refractivity contribution in [3.8, 4) is 5.69 Å². The SMILES string of the molecule is CN=C(NCCCN(C(C)C)C(C)C)NCc1ccn(-c2ccccc2)n1.I. The number of rotatable bonds is 9. The lowest BCUT2D eigenvalue weighted by atomic mass is 10.2. The first kappa shape index (κ1) is 24.4. The van der Waals surface area contributed by atoms with Gasteiger partial charge in [0.05, 0.1) is 17.9 Å². The van der Waals surface area contributed by atoms with Gasteiger partial charge in [0, 0.05) is 38.4 Å². The van der Waals surface area contributed by atoms with Crippen LogP contribution < -0.4 is 10.6 Å². The van der Waals surface area contributed by atoms with Crippen LogP contribution in [0.15, 0.2) is 47.6 Å². The summed E-state index contributed by atoms with van der Waals surface area (Å²) < 4.78 is 1.89. The highest BCUT2D eigenvalue weighted by Gasteiger charge is 2.12. The van der Waals surface area contributed by atoms with E-state index in [0.717, 1.165) is 36.9 Å². The molecule has 0 aliphatic carbocycles. The van der Waals surface area contributed by atoms with Crippen molar-refractivity contribution < 1.29 is 0 Å². The quantitative estimate of drug-likeness (QED) is 0.240. The third-order valence-electron chi connectivity index (χ3n) is 4.54. The van der Waals surface area contributed by atoms with Crippen molar-refractivity contribution in [1.82, 2.24) is 25.3 Å². The standard InChI is InChI=1S/C21H34N6.HI/c1-17(2)26(18(3)4)14-9-13-23-21(22-5)24-16-19-12-15-27(25-19)20-10-7-6-8-11-20;/h6-8,10-12,15,17-18H,9,13-14,16H2,1-5H3,(H2,22,23,24);1H. The van der Waals surface area contributed by atoms with Gasteiger partial charge in [0.15, 0.2) is 5.96 Å². The third kappa shape index (κ3) is 7.79. The number of aliphatic imine (C=N–C) groups is 1. The summed E-state index contributed by atoms with van der Waals surface area (Å²) in [6.45, 7) is 11.6. The molecular weight excluding hydrogens is 463 g/mol. The van der Waals surface area contributed by atoms with E-state index < -0.39 is 0 Å². The Bertz CT molecular complexity index is 688. The fourth-order valence-electron chi connectivity index (χ4n) is 3.16. The highest BCUT2D eigenvalue weighted by Crippen LogP contribution is 2.07. The Balaban J connectivity index is 0.00000392. The molecule has 0 aliphatic heterocycles. The lowest BCUT2D eigenvalue weighted by Crippen LogP contribution is -2.41. The molecule has 0 fully saturated rings. The number of nitrogens with zero attached hydrogens (tertiary/aromatic N) is 4. The molecule has 0 radical (unpaired) electrons. The number of benzene rings is 1. The largest absolute Gasteiger partial charge is 0.356 e. The van der Waals surface area contributed by atoms with Gasteiger partial charge in [0.1, 0.15) is 0 Å². The summed E-state index contributed by atoms with van der Waals surface area (Å²) in [5, 5.41) is 11.3. The summed E-state index contributed by atoms with van der Waals surface area (Å²) in [4.78, 5) is 6.81. The van der Waals surface area contributed by atoms with Crippen LogP contribution in [-0.4, -0.2) is 52.9 Å². The average molecular weight is 498 g/mol. The molecule has 28 heavy (non-hydrogen) atoms. The zero-order valence-electron chi connectivity index (χ0n) is 17.7. The lowest BCUT2D eigenvalue weighted by Gasteiger charge is -2.30. The number of aromatic nitrogens is 2. The Morgan fingerprint density at radius 2 is 1.75 bits per heavy atom. The van der Waals surface area contributed by atoms with E-state index in [1.807, 2.05) is 47.3 Å². The van der Waals surface area contributed by atoms with Gasteiger partial charge < -0.3 is 10.6 Å². The van der Waals surface area contributed by atoms with Crippen molar-refractivity contribution in [2.75, 3.05) is 20.1 Å². The molecule has 2 rings (SSSR count). The Kier molecular flexibility index (Phi) is 11.1. The van der Waals surface area contributed by atoms with E-state index in [2.05, 4.69) is 53.3 Å². The summed E-state index contributed by atoms with van der Waals surface area (Å²) in [5.41, 5.74) is 2.04. The molecule has 0 aliphatic rings. The zero-order valence-corrected chi connectivity index (χ0v) is 20.1. The Morgan fingerprint density at radius 1 is 1.07 bits per heavy atom. The maximum Gasteiger partial charge on any atom is 0.191 e. The van der Waals surface area contributed by atoms with Crippen molar-refractivity contribution >= 4 is 29.9 Å². The summed E-state index contributed by atoms with van der Waals surface area (Å²) in [6.07, 6.45) is 3.06. The van der Waals surface area contributed by atoms with Crippen LogP contribution in [0.5, 0.6) is 0 Å². The van der Waals surface area contributed by atoms with Crippen LogP contribution in [0, 0.1) is 0 Å². The van der Waals surface area contributed by atoms with Crippen molar-refractivity contribution in [2.45, 2.75) is 52.7 Å². The second kappa shape index (κ2) is 12.8. The molecule has 2 aromatic rings. The number of hydrogen-bond donors (Lipinski definition) is 2. The van der Waals surface area contributed by atoms with Crippen molar-refractivity contribution in [2.24, 2.45) is 4.99 Å². The normalized spacial score (nSPS) is 11.8. The molecule has 0 saturated heterocycles. The average Bonchev–Trinajstić information content (AvgIpc) is 3.13. The van der Waals surface area contributed by atoms with E-state index in [-0.39, 0.29) is 24.0 Å². The van der Waals surface area contributed by atoms with Crippen LogP contribution in [0.1, 0.15) is 39.8 Å². The minimum atomic E-state index is 0. The fourth-order valence-corrected chi connectivity index (χ4v) is 3.16. The Hall–Kier alpha value is -1.61. The molecule has 6 nitrogen and oxygen atoms in total. The van der Waals surface area contributed by atoms with Crippen molar-refractivity contribution in [3.63, 3.8) is 0 Å². The van der Waals surface area contributed by atoms with Gasteiger partial charge in [-0.15, -0.1) is 24.0 Å². The Labute approximate surface area is 186 Å². The first-order valence-electron chi connectivity index (χ1n) is 9.81. The van der Waals surface area contributed by atoms with Crippen molar-refractivity contribution in [3.05, 3.63) is 48.3 Å². The van der Waals surface area contributed by atoms with Crippen LogP contribution in [0.3, 0.4) is 0 Å². The van der Waals surface area contributed by atoms with E-state index in [4.69, 9.17) is 0 Å². The van der Waals surface area contributed by atoms with Gasteiger partial charge in [-0.3, -0.25) is 9.89 Å². The van der Waals surface area contributed by atoms with Gasteiger partial charge in [-0.05, 0) is 52.3 Å². The number of halogens is 1. The van der Waals surface area contributed by atoms with Gasteiger partial charge in [-0.2, -0.15) is 5.10 Å². The maximum absolute atomic E-state index is 4.61. The monoisotopic (exact) mass is 498 g/mol. The van der Waals surface area contributed by atoms with Gasteiger partial charge in [-0.25, -0.2) is 4.68 Å². The van der Waals surface area contributed by atoms with Gasteiger partial charge in [-0.1, -0.05) is 18.2 Å². The summed E-state index contributed by atoms with van der Waals surface area (Å²) in [7, 11) is 1.80. The topological polar surface area (TPSA) is 57.5 Å². The smallest absolute Gasteiger partial charge is 0.191 e. The third-order valence-corrected chi connectivity index (χ3v) is 4.54. The molecule has 0 spiro atoms. The zero-order chi connectivity index (χ0) is 19.6. The molecule has 0 saturated carbocycles. The fraction of sp³-hybridized carbons (Fsp3) is 0.524. The number of hydrogen-bond acceptors (Lipinski definition) is 3. The molecule has 0 atom stereocenters. The molecule has 2 N–H and O–H groups in total. The van der Waals surface area contributed by atoms with Crippen LogP contribution in [0.25, 0.3) is 5.69 Å². The number of para-hydroxylation sites is 1. The van der Waals surface area contributed by atoms with Crippen LogP contribution in [0.2, 0.25) is 0 Å². The molecule has 1 heterocycles. The molecule has 0 unspecified atom stereocenters. The van der Waals surface area contributed by atoms with Gasteiger partial charge in [0.25, 0.3) is 0 Å². The molecule has 1 aromatic heterocycles. The number of guanidine groups is 1. The van der Waals surface area contributed by atoms with E-state index in [1.165, 1.54) is 0 Å². The molecule has 1 aromatic carbocycles. The van der Waals surface area contributed by atoms with Crippen LogP contribution in [-0.2, 0) is 6.54 Å². The minimum Gasteiger partial charge on any atom is -0.356 e. The van der Waals surface area contributed by atoms with Crippen LogP contribution in [0.4, 0.5) is 0 Å². The predicted molar refractivity (Wildman–Crippen MR) is 129 cm³/mol. The molecule has 156 valence electrons. The van der Waals surface area contributed by atoms with Crippen molar-refractivity contribution in [1.29, 1.82) is 0 Å². The molecule has 7 heteroatoms. The second-order valence-electron chi connectivity index (χ2n) is 7.22.